The number of rotatable bonds is 7. The molecule has 2 aliphatic carbocycles. The van der Waals surface area contributed by atoms with E-state index in [0.29, 0.717) is 12.0 Å². The summed E-state index contributed by atoms with van der Waals surface area (Å²) in [6.07, 6.45) is 5.51. The zero-order chi connectivity index (χ0) is 13.2. The molecule has 104 valence electrons. The van der Waals surface area contributed by atoms with Gasteiger partial charge in [-0.3, -0.25) is 0 Å². The molecule has 2 aliphatic rings. The predicted molar refractivity (Wildman–Crippen MR) is 73.3 cm³/mol. The van der Waals surface area contributed by atoms with Crippen LogP contribution in [0.1, 0.15) is 43.8 Å². The molecule has 1 atom stereocenters. The number of aliphatic hydroxyl groups is 1. The third-order valence-corrected chi connectivity index (χ3v) is 4.18. The van der Waals surface area contributed by atoms with Crippen LogP contribution < -0.4 is 0 Å². The highest BCUT2D eigenvalue weighted by Crippen LogP contribution is 2.35. The Labute approximate surface area is 114 Å². The van der Waals surface area contributed by atoms with Gasteiger partial charge in [-0.25, -0.2) is 4.39 Å². The van der Waals surface area contributed by atoms with Crippen molar-refractivity contribution >= 4 is 0 Å². The molecule has 0 saturated heterocycles. The van der Waals surface area contributed by atoms with E-state index in [9.17, 15) is 9.50 Å². The predicted octanol–water partition coefficient (Wildman–Crippen LogP) is 3.12. The molecular weight excluding hydrogens is 241 g/mol. The number of halogens is 1. The monoisotopic (exact) mass is 263 g/mol. The topological polar surface area (TPSA) is 23.5 Å². The lowest BCUT2D eigenvalue weighted by Crippen LogP contribution is -2.30. The first kappa shape index (κ1) is 13.1. The standard InChI is InChI=1S/C16H22FNO/c17-14-3-1-2-13(10-14)16(19)8-9-18(15-6-7-15)11-12-4-5-12/h1-3,10,12,15-16,19H,4-9,11H2. The van der Waals surface area contributed by atoms with Crippen molar-refractivity contribution in [3.8, 4) is 0 Å². The van der Waals surface area contributed by atoms with Crippen molar-refractivity contribution in [1.29, 1.82) is 0 Å². The molecule has 19 heavy (non-hydrogen) atoms. The summed E-state index contributed by atoms with van der Waals surface area (Å²) >= 11 is 0. The van der Waals surface area contributed by atoms with Crippen LogP contribution in [0, 0.1) is 11.7 Å². The Morgan fingerprint density at radius 2 is 2.05 bits per heavy atom. The zero-order valence-corrected chi connectivity index (χ0v) is 11.3. The second-order valence-electron chi connectivity index (χ2n) is 6.03. The highest BCUT2D eigenvalue weighted by molar-refractivity contribution is 5.18. The number of hydrogen-bond donors (Lipinski definition) is 1. The van der Waals surface area contributed by atoms with Gasteiger partial charge >= 0.3 is 0 Å². The third kappa shape index (κ3) is 3.77. The van der Waals surface area contributed by atoms with Crippen LogP contribution in [0.25, 0.3) is 0 Å². The van der Waals surface area contributed by atoms with E-state index < -0.39 is 6.10 Å². The quantitative estimate of drug-likeness (QED) is 0.817. The Kier molecular flexibility index (Phi) is 3.85. The lowest BCUT2D eigenvalue weighted by Gasteiger charge is -2.23. The van der Waals surface area contributed by atoms with Crippen LogP contribution in [-0.4, -0.2) is 29.1 Å². The Hall–Kier alpha value is -0.930. The summed E-state index contributed by atoms with van der Waals surface area (Å²) in [6, 6.07) is 7.07. The van der Waals surface area contributed by atoms with Crippen LogP contribution in [0.3, 0.4) is 0 Å². The smallest absolute Gasteiger partial charge is 0.123 e. The normalized spacial score (nSPS) is 20.8. The molecule has 0 aliphatic heterocycles. The molecule has 0 radical (unpaired) electrons. The van der Waals surface area contributed by atoms with Gasteiger partial charge in [-0.15, -0.1) is 0 Å². The van der Waals surface area contributed by atoms with Gasteiger partial charge in [0.15, 0.2) is 0 Å². The van der Waals surface area contributed by atoms with Gasteiger partial charge in [0.1, 0.15) is 5.82 Å². The number of aliphatic hydroxyl groups excluding tert-OH is 1. The molecule has 1 aromatic carbocycles. The van der Waals surface area contributed by atoms with E-state index in [1.807, 2.05) is 0 Å². The molecule has 0 amide bonds. The Morgan fingerprint density at radius 3 is 2.68 bits per heavy atom. The van der Waals surface area contributed by atoms with Crippen molar-refractivity contribution in [2.75, 3.05) is 13.1 Å². The summed E-state index contributed by atoms with van der Waals surface area (Å²) in [5.41, 5.74) is 0.696. The molecule has 3 rings (SSSR count). The largest absolute Gasteiger partial charge is 0.388 e. The van der Waals surface area contributed by atoms with Gasteiger partial charge in [0.05, 0.1) is 6.10 Å². The van der Waals surface area contributed by atoms with Gasteiger partial charge in [0.25, 0.3) is 0 Å². The number of nitrogens with zero attached hydrogens (tertiary/aromatic N) is 1. The molecule has 0 bridgehead atoms. The number of hydrogen-bond acceptors (Lipinski definition) is 2. The molecule has 2 nitrogen and oxygen atoms in total. The van der Waals surface area contributed by atoms with E-state index in [1.54, 1.807) is 12.1 Å². The average Bonchev–Trinajstić information content (AvgIpc) is 3.27. The minimum atomic E-state index is -0.545. The summed E-state index contributed by atoms with van der Waals surface area (Å²) in [5.74, 6) is 0.625. The summed E-state index contributed by atoms with van der Waals surface area (Å²) in [5, 5.41) is 10.2. The van der Waals surface area contributed by atoms with Crippen molar-refractivity contribution in [2.24, 2.45) is 5.92 Å². The molecule has 1 unspecified atom stereocenters. The SMILES string of the molecule is OC(CCN(CC1CC1)C1CC1)c1cccc(F)c1. The molecular formula is C16H22FNO. The molecule has 1 N–H and O–H groups in total. The number of benzene rings is 1. The fourth-order valence-electron chi connectivity index (χ4n) is 2.66. The third-order valence-electron chi connectivity index (χ3n) is 4.18. The summed E-state index contributed by atoms with van der Waals surface area (Å²) in [7, 11) is 0. The minimum absolute atomic E-state index is 0.270. The molecule has 2 fully saturated rings. The van der Waals surface area contributed by atoms with E-state index in [1.165, 1.54) is 44.4 Å². The molecule has 0 spiro atoms. The minimum Gasteiger partial charge on any atom is -0.388 e. The second-order valence-corrected chi connectivity index (χ2v) is 6.03. The van der Waals surface area contributed by atoms with E-state index in [-0.39, 0.29) is 5.82 Å². The maximum atomic E-state index is 13.1. The fraction of sp³-hybridized carbons (Fsp3) is 0.625. The van der Waals surface area contributed by atoms with E-state index in [0.717, 1.165) is 18.5 Å². The Balaban J connectivity index is 1.51. The Morgan fingerprint density at radius 1 is 1.26 bits per heavy atom. The van der Waals surface area contributed by atoms with Crippen molar-refractivity contribution in [3.05, 3.63) is 35.6 Å². The van der Waals surface area contributed by atoms with Crippen molar-refractivity contribution in [3.63, 3.8) is 0 Å². The van der Waals surface area contributed by atoms with Crippen molar-refractivity contribution in [1.82, 2.24) is 4.90 Å². The van der Waals surface area contributed by atoms with Gasteiger partial charge in [-0.1, -0.05) is 12.1 Å². The van der Waals surface area contributed by atoms with Crippen LogP contribution in [0.5, 0.6) is 0 Å². The summed E-state index contributed by atoms with van der Waals surface area (Å²) in [6.45, 7) is 2.12. The fourth-order valence-corrected chi connectivity index (χ4v) is 2.66. The highest BCUT2D eigenvalue weighted by Gasteiger charge is 2.33. The molecule has 3 heteroatoms. The first-order chi connectivity index (χ1) is 9.22. The van der Waals surface area contributed by atoms with Gasteiger partial charge in [0.2, 0.25) is 0 Å². The van der Waals surface area contributed by atoms with E-state index >= 15 is 0 Å². The summed E-state index contributed by atoms with van der Waals surface area (Å²) < 4.78 is 13.1. The molecule has 1 aromatic rings. The van der Waals surface area contributed by atoms with Crippen LogP contribution in [0.4, 0.5) is 4.39 Å². The zero-order valence-electron chi connectivity index (χ0n) is 11.3. The van der Waals surface area contributed by atoms with Gasteiger partial charge in [-0.05, 0) is 55.7 Å². The van der Waals surface area contributed by atoms with Crippen LogP contribution in [-0.2, 0) is 0 Å². The Bertz CT molecular complexity index is 429. The van der Waals surface area contributed by atoms with Gasteiger partial charge in [0, 0.05) is 19.1 Å². The van der Waals surface area contributed by atoms with E-state index in [4.69, 9.17) is 0 Å². The van der Waals surface area contributed by atoms with E-state index in [2.05, 4.69) is 4.90 Å². The van der Waals surface area contributed by atoms with Crippen molar-refractivity contribution in [2.45, 2.75) is 44.2 Å². The maximum Gasteiger partial charge on any atom is 0.123 e. The second kappa shape index (κ2) is 5.59. The lowest BCUT2D eigenvalue weighted by atomic mass is 10.1. The molecule has 0 heterocycles. The molecule has 0 aromatic heterocycles. The highest BCUT2D eigenvalue weighted by atomic mass is 19.1. The summed E-state index contributed by atoms with van der Waals surface area (Å²) in [4.78, 5) is 2.53. The average molecular weight is 263 g/mol. The maximum absolute atomic E-state index is 13.1. The van der Waals surface area contributed by atoms with Crippen molar-refractivity contribution < 1.29 is 9.50 Å². The van der Waals surface area contributed by atoms with Gasteiger partial charge < -0.3 is 10.0 Å². The first-order valence-electron chi connectivity index (χ1n) is 7.40. The lowest BCUT2D eigenvalue weighted by molar-refractivity contribution is 0.137. The van der Waals surface area contributed by atoms with Gasteiger partial charge in [-0.2, -0.15) is 0 Å². The first-order valence-corrected chi connectivity index (χ1v) is 7.40. The van der Waals surface area contributed by atoms with Crippen LogP contribution >= 0.6 is 0 Å². The molecule has 2 saturated carbocycles. The van der Waals surface area contributed by atoms with Crippen LogP contribution in [0.2, 0.25) is 0 Å². The van der Waals surface area contributed by atoms with Crippen LogP contribution in [0.15, 0.2) is 24.3 Å².